The van der Waals surface area contributed by atoms with E-state index in [1.54, 1.807) is 23.6 Å². The van der Waals surface area contributed by atoms with Crippen molar-refractivity contribution in [3.63, 3.8) is 0 Å². The van der Waals surface area contributed by atoms with Gasteiger partial charge in [0.15, 0.2) is 5.43 Å². The molecule has 1 heterocycles. The van der Waals surface area contributed by atoms with Crippen LogP contribution in [-0.2, 0) is 6.54 Å². The standard InChI is InChI=1S/C14H14ClNO4/c1-4-16-11(14(18)19)7(2)13(17)10-8(15)5-6-9(20-3)12(10)16/h5-6H,4H2,1-3H3,(H,18,19). The highest BCUT2D eigenvalue weighted by atomic mass is 35.5. The molecule has 0 atom stereocenters. The predicted octanol–water partition coefficient (Wildman–Crippen LogP) is 2.69. The summed E-state index contributed by atoms with van der Waals surface area (Å²) in [6.45, 7) is 3.68. The minimum absolute atomic E-state index is 0.0365. The number of nitrogens with zero attached hydrogens (tertiary/aromatic N) is 1. The molecule has 0 saturated carbocycles. The van der Waals surface area contributed by atoms with E-state index in [0.717, 1.165) is 0 Å². The lowest BCUT2D eigenvalue weighted by Gasteiger charge is -2.17. The number of aromatic nitrogens is 1. The number of carboxylic acid groups (broad SMARTS) is 1. The lowest BCUT2D eigenvalue weighted by molar-refractivity contribution is 0.0684. The van der Waals surface area contributed by atoms with Crippen LogP contribution in [0.25, 0.3) is 10.9 Å². The van der Waals surface area contributed by atoms with Crippen molar-refractivity contribution in [2.45, 2.75) is 20.4 Å². The number of benzene rings is 1. The van der Waals surface area contributed by atoms with E-state index in [0.29, 0.717) is 17.8 Å². The predicted molar refractivity (Wildman–Crippen MR) is 77.1 cm³/mol. The van der Waals surface area contributed by atoms with E-state index >= 15 is 0 Å². The fraction of sp³-hybridized carbons (Fsp3) is 0.286. The molecule has 0 aliphatic rings. The van der Waals surface area contributed by atoms with Crippen molar-refractivity contribution in [3.8, 4) is 5.75 Å². The fourth-order valence-corrected chi connectivity index (χ4v) is 2.64. The average Bonchev–Trinajstić information content (AvgIpc) is 2.41. The van der Waals surface area contributed by atoms with E-state index in [2.05, 4.69) is 0 Å². The van der Waals surface area contributed by atoms with E-state index in [9.17, 15) is 14.7 Å². The lowest BCUT2D eigenvalue weighted by atomic mass is 10.1. The van der Waals surface area contributed by atoms with Gasteiger partial charge in [-0.3, -0.25) is 4.79 Å². The number of methoxy groups -OCH3 is 1. The molecule has 0 saturated heterocycles. The molecule has 6 heteroatoms. The second-order valence-corrected chi connectivity index (χ2v) is 4.73. The van der Waals surface area contributed by atoms with Gasteiger partial charge in [-0.2, -0.15) is 0 Å². The molecule has 0 aliphatic carbocycles. The largest absolute Gasteiger partial charge is 0.495 e. The van der Waals surface area contributed by atoms with Crippen LogP contribution in [0.15, 0.2) is 16.9 Å². The number of carboxylic acids is 1. The molecule has 0 fully saturated rings. The summed E-state index contributed by atoms with van der Waals surface area (Å²) in [4.78, 5) is 23.8. The highest BCUT2D eigenvalue weighted by Crippen LogP contribution is 2.31. The summed E-state index contributed by atoms with van der Waals surface area (Å²) in [6, 6.07) is 3.20. The molecule has 0 bridgehead atoms. The second kappa shape index (κ2) is 5.17. The number of fused-ring (bicyclic) bond motifs is 1. The van der Waals surface area contributed by atoms with Crippen molar-refractivity contribution in [1.82, 2.24) is 4.57 Å². The Hall–Kier alpha value is -2.01. The highest BCUT2D eigenvalue weighted by Gasteiger charge is 2.22. The Morgan fingerprint density at radius 1 is 1.45 bits per heavy atom. The molecular formula is C14H14ClNO4. The summed E-state index contributed by atoms with van der Waals surface area (Å²) in [7, 11) is 1.47. The van der Waals surface area contributed by atoms with Crippen LogP contribution in [0.1, 0.15) is 23.0 Å². The number of pyridine rings is 1. The molecular weight excluding hydrogens is 282 g/mol. The molecule has 0 spiro atoms. The summed E-state index contributed by atoms with van der Waals surface area (Å²) in [5.41, 5.74) is 0.161. The maximum Gasteiger partial charge on any atom is 0.352 e. The number of hydrogen-bond donors (Lipinski definition) is 1. The van der Waals surface area contributed by atoms with Gasteiger partial charge >= 0.3 is 5.97 Å². The van der Waals surface area contributed by atoms with Gasteiger partial charge in [0.05, 0.1) is 23.0 Å². The van der Waals surface area contributed by atoms with Gasteiger partial charge in [-0.15, -0.1) is 0 Å². The van der Waals surface area contributed by atoms with Crippen LogP contribution >= 0.6 is 11.6 Å². The summed E-state index contributed by atoms with van der Waals surface area (Å²) in [5.74, 6) is -0.726. The molecule has 20 heavy (non-hydrogen) atoms. The Balaban J connectivity index is 3.18. The number of carbonyl (C=O) groups is 1. The zero-order chi connectivity index (χ0) is 15.0. The second-order valence-electron chi connectivity index (χ2n) is 4.33. The number of halogens is 1. The zero-order valence-corrected chi connectivity index (χ0v) is 12.1. The van der Waals surface area contributed by atoms with E-state index < -0.39 is 5.97 Å². The molecule has 0 radical (unpaired) electrons. The van der Waals surface area contributed by atoms with Gasteiger partial charge < -0.3 is 14.4 Å². The number of aryl methyl sites for hydroxylation is 1. The molecule has 1 N–H and O–H groups in total. The third-order valence-electron chi connectivity index (χ3n) is 3.29. The molecule has 0 unspecified atom stereocenters. The van der Waals surface area contributed by atoms with Crippen LogP contribution in [0.2, 0.25) is 5.02 Å². The first kappa shape index (κ1) is 14.4. The van der Waals surface area contributed by atoms with Gasteiger partial charge in [0.1, 0.15) is 11.4 Å². The molecule has 1 aromatic heterocycles. The van der Waals surface area contributed by atoms with Crippen LogP contribution in [-0.4, -0.2) is 22.8 Å². The molecule has 5 nitrogen and oxygen atoms in total. The van der Waals surface area contributed by atoms with E-state index in [1.807, 2.05) is 0 Å². The normalized spacial score (nSPS) is 10.8. The Morgan fingerprint density at radius 2 is 2.10 bits per heavy atom. The van der Waals surface area contributed by atoms with E-state index in [4.69, 9.17) is 16.3 Å². The monoisotopic (exact) mass is 295 g/mol. The molecule has 2 aromatic rings. The maximum atomic E-state index is 12.4. The first-order valence-electron chi connectivity index (χ1n) is 6.06. The number of hydrogen-bond acceptors (Lipinski definition) is 3. The van der Waals surface area contributed by atoms with E-state index in [-0.39, 0.29) is 27.1 Å². The van der Waals surface area contributed by atoms with Crippen molar-refractivity contribution >= 4 is 28.5 Å². The van der Waals surface area contributed by atoms with Crippen molar-refractivity contribution in [2.24, 2.45) is 0 Å². The minimum Gasteiger partial charge on any atom is -0.495 e. The van der Waals surface area contributed by atoms with Crippen molar-refractivity contribution in [1.29, 1.82) is 0 Å². The Kier molecular flexibility index (Phi) is 3.72. The van der Waals surface area contributed by atoms with Crippen LogP contribution in [0.4, 0.5) is 0 Å². The highest BCUT2D eigenvalue weighted by molar-refractivity contribution is 6.35. The van der Waals surface area contributed by atoms with Gasteiger partial charge in [-0.05, 0) is 26.0 Å². The smallest absolute Gasteiger partial charge is 0.352 e. The summed E-state index contributed by atoms with van der Waals surface area (Å²) < 4.78 is 6.78. The maximum absolute atomic E-state index is 12.4. The minimum atomic E-state index is -1.15. The first-order chi connectivity index (χ1) is 9.43. The van der Waals surface area contributed by atoms with Crippen LogP contribution in [0.3, 0.4) is 0 Å². The molecule has 1 aromatic carbocycles. The van der Waals surface area contributed by atoms with Gasteiger partial charge in [-0.1, -0.05) is 11.6 Å². The van der Waals surface area contributed by atoms with Crippen molar-refractivity contribution in [3.05, 3.63) is 38.6 Å². The molecule has 0 aliphatic heterocycles. The van der Waals surface area contributed by atoms with Gasteiger partial charge in [0.25, 0.3) is 0 Å². The summed E-state index contributed by atoms with van der Waals surface area (Å²) >= 11 is 6.11. The zero-order valence-electron chi connectivity index (χ0n) is 11.4. The Bertz CT molecular complexity index is 764. The SMILES string of the molecule is CCn1c(C(=O)O)c(C)c(=O)c2c(Cl)ccc(OC)c21. The van der Waals surface area contributed by atoms with Crippen LogP contribution < -0.4 is 10.2 Å². The number of ether oxygens (including phenoxy) is 1. The third kappa shape index (κ3) is 1.94. The van der Waals surface area contributed by atoms with Crippen molar-refractivity contribution < 1.29 is 14.6 Å². The van der Waals surface area contributed by atoms with Crippen LogP contribution in [0, 0.1) is 6.92 Å². The first-order valence-corrected chi connectivity index (χ1v) is 6.44. The van der Waals surface area contributed by atoms with Gasteiger partial charge in [0.2, 0.25) is 0 Å². The fourth-order valence-electron chi connectivity index (χ4n) is 2.40. The lowest BCUT2D eigenvalue weighted by Crippen LogP contribution is -2.22. The number of rotatable bonds is 3. The van der Waals surface area contributed by atoms with Gasteiger partial charge in [-0.25, -0.2) is 4.79 Å². The number of aromatic carboxylic acids is 1. The summed E-state index contributed by atoms with van der Waals surface area (Å²) in [5, 5.41) is 9.93. The average molecular weight is 296 g/mol. The third-order valence-corrected chi connectivity index (χ3v) is 3.61. The van der Waals surface area contributed by atoms with Crippen molar-refractivity contribution in [2.75, 3.05) is 7.11 Å². The Morgan fingerprint density at radius 3 is 2.60 bits per heavy atom. The van der Waals surface area contributed by atoms with Crippen LogP contribution in [0.5, 0.6) is 5.75 Å². The Labute approximate surface area is 120 Å². The quantitative estimate of drug-likeness (QED) is 0.945. The molecule has 0 amide bonds. The summed E-state index contributed by atoms with van der Waals surface area (Å²) in [6.07, 6.45) is 0. The van der Waals surface area contributed by atoms with E-state index in [1.165, 1.54) is 14.0 Å². The molecule has 106 valence electrons. The molecule has 2 rings (SSSR count). The van der Waals surface area contributed by atoms with Gasteiger partial charge in [0, 0.05) is 12.1 Å². The topological polar surface area (TPSA) is 68.5 Å².